The van der Waals surface area contributed by atoms with Crippen molar-refractivity contribution >= 4 is 17.1 Å². The molecule has 22 heavy (non-hydrogen) atoms. The van der Waals surface area contributed by atoms with Crippen LogP contribution in [0.25, 0.3) is 0 Å². The fourth-order valence-corrected chi connectivity index (χ4v) is 2.31. The van der Waals surface area contributed by atoms with Crippen molar-refractivity contribution in [1.29, 1.82) is 0 Å². The molecule has 0 bridgehead atoms. The Labute approximate surface area is 123 Å². The van der Waals surface area contributed by atoms with Gasteiger partial charge in [0.15, 0.2) is 0 Å². The van der Waals surface area contributed by atoms with E-state index in [-0.39, 0.29) is 29.7 Å². The molecule has 0 unspecified atom stereocenters. The lowest BCUT2D eigenvalue weighted by atomic mass is 9.91. The van der Waals surface area contributed by atoms with Crippen LogP contribution in [0.3, 0.4) is 0 Å². The zero-order chi connectivity index (χ0) is 17.1. The maximum Gasteiger partial charge on any atom is 0.393 e. The molecule has 10 heteroatoms. The quantitative estimate of drug-likeness (QED) is 0.349. The van der Waals surface area contributed by atoms with Crippen LogP contribution in [0.1, 0.15) is 16.7 Å². The summed E-state index contributed by atoms with van der Waals surface area (Å²) < 4.78 is 38.1. The second kappa shape index (κ2) is 6.79. The average molecular weight is 323 g/mol. The first-order valence-corrected chi connectivity index (χ1v) is 6.28. The van der Waals surface area contributed by atoms with E-state index in [1.54, 1.807) is 0 Å². The van der Waals surface area contributed by atoms with E-state index in [0.717, 1.165) is 0 Å². The standard InChI is InChI=1S/C12H16F3N3O4/c13-12(14,15)5-8-6(1-3-19)9(16)7(2-4-20)11(10(8)17)18(21)22/h19-20H,1-5,16-17H2. The average Bonchev–Trinajstić information content (AvgIpc) is 2.38. The Morgan fingerprint density at radius 1 is 1.00 bits per heavy atom. The maximum atomic E-state index is 12.7. The summed E-state index contributed by atoms with van der Waals surface area (Å²) >= 11 is 0. The molecule has 0 aliphatic carbocycles. The highest BCUT2D eigenvalue weighted by molar-refractivity contribution is 5.78. The molecule has 0 aliphatic heterocycles. The molecule has 1 aromatic rings. The smallest absolute Gasteiger partial charge is 0.393 e. The number of alkyl halides is 3. The molecule has 0 fully saturated rings. The summed E-state index contributed by atoms with van der Waals surface area (Å²) in [5.74, 6) is 0. The van der Waals surface area contributed by atoms with Gasteiger partial charge >= 0.3 is 6.18 Å². The number of hydrogen-bond acceptors (Lipinski definition) is 6. The van der Waals surface area contributed by atoms with Crippen LogP contribution in [0.5, 0.6) is 0 Å². The zero-order valence-corrected chi connectivity index (χ0v) is 11.5. The van der Waals surface area contributed by atoms with Crippen molar-refractivity contribution < 1.29 is 28.3 Å². The SMILES string of the molecule is Nc1c(CCO)c(CC(F)(F)F)c(N)c([N+](=O)[O-])c1CCO. The Hall–Kier alpha value is -2.07. The van der Waals surface area contributed by atoms with E-state index in [0.29, 0.717) is 0 Å². The van der Waals surface area contributed by atoms with Crippen molar-refractivity contribution in [2.75, 3.05) is 24.7 Å². The number of nitrogens with two attached hydrogens (primary N) is 2. The lowest BCUT2D eigenvalue weighted by Gasteiger charge is -2.19. The molecule has 0 atom stereocenters. The third-order valence-electron chi connectivity index (χ3n) is 3.16. The Morgan fingerprint density at radius 3 is 1.91 bits per heavy atom. The van der Waals surface area contributed by atoms with Gasteiger partial charge in [0, 0.05) is 25.3 Å². The number of aliphatic hydroxyl groups excluding tert-OH is 2. The minimum Gasteiger partial charge on any atom is -0.398 e. The van der Waals surface area contributed by atoms with Crippen molar-refractivity contribution in [3.8, 4) is 0 Å². The van der Waals surface area contributed by atoms with Crippen molar-refractivity contribution in [3.63, 3.8) is 0 Å². The number of nitrogens with zero attached hydrogens (tertiary/aromatic N) is 1. The second-order valence-corrected chi connectivity index (χ2v) is 4.61. The van der Waals surface area contributed by atoms with Crippen LogP contribution in [-0.2, 0) is 19.3 Å². The van der Waals surface area contributed by atoms with E-state index in [9.17, 15) is 23.3 Å². The molecule has 0 saturated carbocycles. The predicted molar refractivity (Wildman–Crippen MR) is 73.3 cm³/mol. The van der Waals surface area contributed by atoms with Crippen LogP contribution in [0.2, 0.25) is 0 Å². The largest absolute Gasteiger partial charge is 0.398 e. The van der Waals surface area contributed by atoms with E-state index < -0.39 is 47.7 Å². The van der Waals surface area contributed by atoms with Crippen LogP contribution in [0, 0.1) is 10.1 Å². The number of benzene rings is 1. The summed E-state index contributed by atoms with van der Waals surface area (Å²) in [6.45, 7) is -0.980. The monoisotopic (exact) mass is 323 g/mol. The number of nitro groups is 1. The lowest BCUT2D eigenvalue weighted by molar-refractivity contribution is -0.384. The van der Waals surface area contributed by atoms with E-state index in [1.807, 2.05) is 0 Å². The van der Waals surface area contributed by atoms with Crippen molar-refractivity contribution in [2.45, 2.75) is 25.4 Å². The Kier molecular flexibility index (Phi) is 5.55. The van der Waals surface area contributed by atoms with Crippen molar-refractivity contribution in [3.05, 3.63) is 26.8 Å². The topological polar surface area (TPSA) is 136 Å². The summed E-state index contributed by atoms with van der Waals surface area (Å²) in [6, 6.07) is 0. The number of nitro benzene ring substituents is 1. The molecule has 0 amide bonds. The fourth-order valence-electron chi connectivity index (χ4n) is 2.31. The molecule has 1 rings (SSSR count). The molecule has 6 N–H and O–H groups in total. The highest BCUT2D eigenvalue weighted by Crippen LogP contribution is 2.40. The number of aliphatic hydroxyl groups is 2. The molecule has 0 spiro atoms. The Morgan fingerprint density at radius 2 is 1.50 bits per heavy atom. The molecule has 0 saturated heterocycles. The Balaban J connectivity index is 3.70. The fraction of sp³-hybridized carbons (Fsp3) is 0.500. The molecule has 1 aromatic carbocycles. The third-order valence-corrected chi connectivity index (χ3v) is 3.16. The first-order chi connectivity index (χ1) is 10.1. The summed E-state index contributed by atoms with van der Waals surface area (Å²) in [5, 5.41) is 29.1. The number of rotatable bonds is 6. The van der Waals surface area contributed by atoms with Crippen molar-refractivity contribution in [1.82, 2.24) is 0 Å². The molecule has 0 radical (unpaired) electrons. The maximum absolute atomic E-state index is 12.7. The minimum atomic E-state index is -4.64. The van der Waals surface area contributed by atoms with Crippen molar-refractivity contribution in [2.24, 2.45) is 0 Å². The van der Waals surface area contributed by atoms with Gasteiger partial charge in [-0.3, -0.25) is 10.1 Å². The summed E-state index contributed by atoms with van der Waals surface area (Å²) in [4.78, 5) is 10.2. The van der Waals surface area contributed by atoms with Crippen LogP contribution in [0.4, 0.5) is 30.2 Å². The van der Waals surface area contributed by atoms with Gasteiger partial charge in [0.1, 0.15) is 5.69 Å². The van der Waals surface area contributed by atoms with Gasteiger partial charge in [-0.2, -0.15) is 13.2 Å². The normalized spacial score (nSPS) is 11.7. The molecular formula is C12H16F3N3O4. The van der Waals surface area contributed by atoms with E-state index in [1.165, 1.54) is 0 Å². The van der Waals surface area contributed by atoms with Gasteiger partial charge in [0.05, 0.1) is 16.9 Å². The van der Waals surface area contributed by atoms with Crippen LogP contribution in [-0.4, -0.2) is 34.5 Å². The molecule has 7 nitrogen and oxygen atoms in total. The Bertz CT molecular complexity index is 576. The molecule has 0 aliphatic rings. The highest BCUT2D eigenvalue weighted by atomic mass is 19.4. The summed E-state index contributed by atoms with van der Waals surface area (Å²) in [7, 11) is 0. The third kappa shape index (κ3) is 3.77. The first kappa shape index (κ1) is 18.0. The number of halogens is 3. The highest BCUT2D eigenvalue weighted by Gasteiger charge is 2.35. The summed E-state index contributed by atoms with van der Waals surface area (Å²) in [6.07, 6.45) is -6.58. The number of nitrogen functional groups attached to an aromatic ring is 2. The van der Waals surface area contributed by atoms with Crippen LogP contribution >= 0.6 is 0 Å². The van der Waals surface area contributed by atoms with E-state index >= 15 is 0 Å². The number of hydrogen-bond donors (Lipinski definition) is 4. The van der Waals surface area contributed by atoms with E-state index in [4.69, 9.17) is 21.7 Å². The second-order valence-electron chi connectivity index (χ2n) is 4.61. The predicted octanol–water partition coefficient (Wildman–Crippen LogP) is 0.934. The van der Waals surface area contributed by atoms with Gasteiger partial charge < -0.3 is 21.7 Å². The first-order valence-electron chi connectivity index (χ1n) is 6.28. The van der Waals surface area contributed by atoms with Gasteiger partial charge in [-0.15, -0.1) is 0 Å². The van der Waals surface area contributed by atoms with Gasteiger partial charge in [0.25, 0.3) is 5.69 Å². The van der Waals surface area contributed by atoms with E-state index in [2.05, 4.69) is 0 Å². The molecular weight excluding hydrogens is 307 g/mol. The van der Waals surface area contributed by atoms with Gasteiger partial charge in [-0.05, 0) is 17.5 Å². The van der Waals surface area contributed by atoms with Crippen LogP contribution in [0.15, 0.2) is 0 Å². The molecule has 0 heterocycles. The zero-order valence-electron chi connectivity index (χ0n) is 11.5. The lowest BCUT2D eigenvalue weighted by Crippen LogP contribution is -2.19. The minimum absolute atomic E-state index is 0.0774. The summed E-state index contributed by atoms with van der Waals surface area (Å²) in [5.41, 5.74) is 8.97. The van der Waals surface area contributed by atoms with Gasteiger partial charge in [0.2, 0.25) is 0 Å². The van der Waals surface area contributed by atoms with Crippen LogP contribution < -0.4 is 11.5 Å². The molecule has 0 aromatic heterocycles. The van der Waals surface area contributed by atoms with Gasteiger partial charge in [-0.25, -0.2) is 0 Å². The number of anilines is 2. The van der Waals surface area contributed by atoms with Gasteiger partial charge in [-0.1, -0.05) is 0 Å². The molecule has 124 valence electrons.